The van der Waals surface area contributed by atoms with Gasteiger partial charge in [0, 0.05) is 13.0 Å². The normalized spacial score (nSPS) is 11.8. The van der Waals surface area contributed by atoms with E-state index in [1.54, 1.807) is 6.08 Å². The largest absolute Gasteiger partial charge is 0.480 e. The van der Waals surface area contributed by atoms with Gasteiger partial charge in [-0.25, -0.2) is 4.79 Å². The Balaban J connectivity index is 3.74. The van der Waals surface area contributed by atoms with E-state index in [0.717, 1.165) is 6.42 Å². The molecule has 1 unspecified atom stereocenters. The van der Waals surface area contributed by atoms with Crippen LogP contribution >= 0.6 is 0 Å². The lowest BCUT2D eigenvalue weighted by Gasteiger charge is -2.13. The molecule has 0 aromatic rings. The number of hydrogen-bond donors (Lipinski definition) is 2. The Morgan fingerprint density at radius 2 is 2.24 bits per heavy atom. The van der Waals surface area contributed by atoms with Gasteiger partial charge >= 0.3 is 5.97 Å². The van der Waals surface area contributed by atoms with E-state index in [1.165, 1.54) is 0 Å². The average Bonchev–Trinajstić information content (AvgIpc) is 2.28. The molecule has 5 nitrogen and oxygen atoms in total. The molecule has 0 aliphatic heterocycles. The van der Waals surface area contributed by atoms with Gasteiger partial charge in [-0.2, -0.15) is 0 Å². The molecule has 0 fully saturated rings. The lowest BCUT2D eigenvalue weighted by molar-refractivity contribution is -0.142. The number of carboxylic acid groups (broad SMARTS) is 1. The summed E-state index contributed by atoms with van der Waals surface area (Å²) in [6, 6.07) is -0.776. The summed E-state index contributed by atoms with van der Waals surface area (Å²) in [5.41, 5.74) is 0. The number of carboxylic acids is 1. The molecular formula is C12H21NO4. The minimum atomic E-state index is -0.983. The Morgan fingerprint density at radius 1 is 1.53 bits per heavy atom. The summed E-state index contributed by atoms with van der Waals surface area (Å²) in [6.07, 6.45) is 3.68. The molecule has 0 spiro atoms. The molecular weight excluding hydrogens is 222 g/mol. The highest BCUT2D eigenvalue weighted by Crippen LogP contribution is 1.99. The highest BCUT2D eigenvalue weighted by molar-refractivity contribution is 5.83. The molecule has 2 N–H and O–H groups in total. The molecule has 1 atom stereocenters. The van der Waals surface area contributed by atoms with Gasteiger partial charge in [0.15, 0.2) is 0 Å². The predicted octanol–water partition coefficient (Wildman–Crippen LogP) is 1.34. The van der Waals surface area contributed by atoms with E-state index in [1.807, 2.05) is 6.92 Å². The number of carbonyl (C=O) groups is 2. The van der Waals surface area contributed by atoms with Crippen LogP contribution in [-0.4, -0.2) is 36.2 Å². The monoisotopic (exact) mass is 243 g/mol. The van der Waals surface area contributed by atoms with E-state index in [4.69, 9.17) is 9.84 Å². The maximum atomic E-state index is 11.4. The third kappa shape index (κ3) is 8.45. The Morgan fingerprint density at radius 3 is 2.76 bits per heavy atom. The van der Waals surface area contributed by atoms with Crippen LogP contribution in [0.1, 0.15) is 32.6 Å². The van der Waals surface area contributed by atoms with Crippen molar-refractivity contribution in [3.05, 3.63) is 12.7 Å². The predicted molar refractivity (Wildman–Crippen MR) is 64.7 cm³/mol. The van der Waals surface area contributed by atoms with E-state index in [0.29, 0.717) is 26.1 Å². The van der Waals surface area contributed by atoms with E-state index in [-0.39, 0.29) is 12.3 Å². The van der Waals surface area contributed by atoms with Gasteiger partial charge < -0.3 is 15.2 Å². The maximum Gasteiger partial charge on any atom is 0.326 e. The zero-order valence-corrected chi connectivity index (χ0v) is 10.3. The molecule has 0 saturated carbocycles. The average molecular weight is 243 g/mol. The first kappa shape index (κ1) is 15.6. The summed E-state index contributed by atoms with van der Waals surface area (Å²) in [7, 11) is 0. The first-order valence-electron chi connectivity index (χ1n) is 5.82. The Bertz CT molecular complexity index is 253. The van der Waals surface area contributed by atoms with Crippen LogP contribution in [0.2, 0.25) is 0 Å². The Labute approximate surface area is 102 Å². The van der Waals surface area contributed by atoms with Crippen LogP contribution < -0.4 is 5.32 Å². The number of hydrogen-bond acceptors (Lipinski definition) is 3. The van der Waals surface area contributed by atoms with Crippen molar-refractivity contribution < 1.29 is 19.4 Å². The summed E-state index contributed by atoms with van der Waals surface area (Å²) in [5.74, 6) is -1.23. The fourth-order valence-electron chi connectivity index (χ4n) is 1.31. The lowest BCUT2D eigenvalue weighted by Crippen LogP contribution is -2.40. The quantitative estimate of drug-likeness (QED) is 0.448. The molecule has 0 aromatic carbocycles. The first-order chi connectivity index (χ1) is 8.11. The Kier molecular flexibility index (Phi) is 9.05. The summed E-state index contributed by atoms with van der Waals surface area (Å²) in [6.45, 7) is 6.33. The van der Waals surface area contributed by atoms with Gasteiger partial charge in [0.2, 0.25) is 5.91 Å². The number of aliphatic carboxylic acids is 1. The van der Waals surface area contributed by atoms with Crippen molar-refractivity contribution in [1.82, 2.24) is 5.32 Å². The second-order valence-corrected chi connectivity index (χ2v) is 3.71. The second kappa shape index (κ2) is 9.84. The van der Waals surface area contributed by atoms with Crippen molar-refractivity contribution in [2.45, 2.75) is 38.6 Å². The van der Waals surface area contributed by atoms with Crippen LogP contribution in [0, 0.1) is 0 Å². The van der Waals surface area contributed by atoms with Crippen LogP contribution in [0.3, 0.4) is 0 Å². The van der Waals surface area contributed by atoms with Gasteiger partial charge in [0.25, 0.3) is 0 Å². The molecule has 17 heavy (non-hydrogen) atoms. The number of carbonyl (C=O) groups excluding carboxylic acids is 1. The van der Waals surface area contributed by atoms with Crippen molar-refractivity contribution in [3.8, 4) is 0 Å². The van der Waals surface area contributed by atoms with Crippen molar-refractivity contribution in [2.24, 2.45) is 0 Å². The third-order valence-electron chi connectivity index (χ3n) is 2.14. The molecule has 5 heteroatoms. The van der Waals surface area contributed by atoms with Gasteiger partial charge in [-0.05, 0) is 12.8 Å². The summed E-state index contributed by atoms with van der Waals surface area (Å²) in [4.78, 5) is 22.2. The van der Waals surface area contributed by atoms with Crippen LogP contribution in [0.25, 0.3) is 0 Å². The fraction of sp³-hybridized carbons (Fsp3) is 0.667. The highest BCUT2D eigenvalue weighted by Gasteiger charge is 2.18. The molecule has 0 aromatic heterocycles. The highest BCUT2D eigenvalue weighted by atomic mass is 16.5. The maximum absolute atomic E-state index is 11.4. The van der Waals surface area contributed by atoms with Crippen molar-refractivity contribution >= 4 is 11.9 Å². The molecule has 0 saturated heterocycles. The second-order valence-electron chi connectivity index (χ2n) is 3.71. The van der Waals surface area contributed by atoms with Gasteiger partial charge in [-0.3, -0.25) is 4.79 Å². The van der Waals surface area contributed by atoms with Gasteiger partial charge in [0.1, 0.15) is 6.04 Å². The molecule has 0 radical (unpaired) electrons. The van der Waals surface area contributed by atoms with Gasteiger partial charge in [-0.1, -0.05) is 19.4 Å². The molecule has 0 aliphatic carbocycles. The SMILES string of the molecule is C=CCOCCCC(=O)NC(CCC)C(=O)O. The summed E-state index contributed by atoms with van der Waals surface area (Å²) >= 11 is 0. The van der Waals surface area contributed by atoms with Crippen LogP contribution in [0.4, 0.5) is 0 Å². The standard InChI is InChI=1S/C12H21NO4/c1-3-6-10(12(15)16)13-11(14)7-5-9-17-8-4-2/h4,10H,2-3,5-9H2,1H3,(H,13,14)(H,15,16). The van der Waals surface area contributed by atoms with Crippen LogP contribution in [0.5, 0.6) is 0 Å². The van der Waals surface area contributed by atoms with E-state index in [9.17, 15) is 9.59 Å². The van der Waals surface area contributed by atoms with Crippen molar-refractivity contribution in [3.63, 3.8) is 0 Å². The fourth-order valence-corrected chi connectivity index (χ4v) is 1.31. The first-order valence-corrected chi connectivity index (χ1v) is 5.82. The smallest absolute Gasteiger partial charge is 0.326 e. The van der Waals surface area contributed by atoms with E-state index >= 15 is 0 Å². The summed E-state index contributed by atoms with van der Waals surface area (Å²) in [5, 5.41) is 11.3. The molecule has 0 aliphatic rings. The van der Waals surface area contributed by atoms with Crippen LogP contribution in [-0.2, 0) is 14.3 Å². The number of ether oxygens (including phenoxy) is 1. The zero-order chi connectivity index (χ0) is 13.1. The molecule has 1 amide bonds. The molecule has 0 heterocycles. The minimum Gasteiger partial charge on any atom is -0.480 e. The number of amides is 1. The molecule has 0 rings (SSSR count). The van der Waals surface area contributed by atoms with Crippen LogP contribution in [0.15, 0.2) is 12.7 Å². The van der Waals surface area contributed by atoms with E-state index < -0.39 is 12.0 Å². The number of rotatable bonds is 10. The molecule has 98 valence electrons. The van der Waals surface area contributed by atoms with Gasteiger partial charge in [0.05, 0.1) is 6.61 Å². The third-order valence-corrected chi connectivity index (χ3v) is 2.14. The zero-order valence-electron chi connectivity index (χ0n) is 10.3. The van der Waals surface area contributed by atoms with Gasteiger partial charge in [-0.15, -0.1) is 6.58 Å². The van der Waals surface area contributed by atoms with Crippen molar-refractivity contribution in [1.29, 1.82) is 0 Å². The van der Waals surface area contributed by atoms with E-state index in [2.05, 4.69) is 11.9 Å². The summed E-state index contributed by atoms with van der Waals surface area (Å²) < 4.78 is 5.12. The molecule has 0 bridgehead atoms. The van der Waals surface area contributed by atoms with Crippen molar-refractivity contribution in [2.75, 3.05) is 13.2 Å². The topological polar surface area (TPSA) is 75.6 Å². The number of nitrogens with one attached hydrogen (secondary N) is 1. The Hall–Kier alpha value is -1.36. The minimum absolute atomic E-state index is 0.243. The lowest BCUT2D eigenvalue weighted by atomic mass is 10.1.